The summed E-state index contributed by atoms with van der Waals surface area (Å²) in [5.74, 6) is 0. The summed E-state index contributed by atoms with van der Waals surface area (Å²) >= 11 is 0. The van der Waals surface area contributed by atoms with Crippen molar-refractivity contribution in [3.63, 3.8) is 0 Å². The quantitative estimate of drug-likeness (QED) is 0.167. The van der Waals surface area contributed by atoms with Crippen molar-refractivity contribution in [1.82, 2.24) is 18.3 Å². The summed E-state index contributed by atoms with van der Waals surface area (Å²) in [6, 6.07) is 90.7. The average Bonchev–Trinajstić information content (AvgIpc) is 4.21. The normalized spacial score (nSPS) is 11.8. The molecule has 0 unspecified atom stereocenters. The maximum Gasteiger partial charge on any atom is 0.101 e. The Morgan fingerprint density at radius 3 is 1.03 bits per heavy atom. The number of hydrogen-bond donors (Lipinski definition) is 0. The number of nitrogens with zero attached hydrogens (tertiary/aromatic N) is 6. The van der Waals surface area contributed by atoms with Gasteiger partial charge in [-0.05, 0) is 119 Å². The van der Waals surface area contributed by atoms with Crippen molar-refractivity contribution in [1.29, 1.82) is 10.5 Å². The van der Waals surface area contributed by atoms with Gasteiger partial charge in [0.1, 0.15) is 12.1 Å². The molecule has 0 aliphatic carbocycles. The van der Waals surface area contributed by atoms with Crippen LogP contribution in [0, 0.1) is 22.7 Å². The van der Waals surface area contributed by atoms with Gasteiger partial charge in [0.05, 0.1) is 66.6 Å². The first-order valence-electron chi connectivity index (χ1n) is 24.9. The van der Waals surface area contributed by atoms with Crippen molar-refractivity contribution in [2.45, 2.75) is 0 Å². The lowest BCUT2D eigenvalue weighted by molar-refractivity contribution is 1.12. The van der Waals surface area contributed by atoms with Crippen molar-refractivity contribution < 1.29 is 0 Å². The van der Waals surface area contributed by atoms with Crippen LogP contribution in [0.15, 0.2) is 243 Å². The zero-order chi connectivity index (χ0) is 49.0. The molecule has 0 saturated carbocycles. The molecule has 15 aromatic rings. The van der Waals surface area contributed by atoms with Crippen molar-refractivity contribution in [2.75, 3.05) is 0 Å². The minimum absolute atomic E-state index is 0.415. The summed E-state index contributed by atoms with van der Waals surface area (Å²) in [6.07, 6.45) is 0. The molecule has 11 aromatic carbocycles. The summed E-state index contributed by atoms with van der Waals surface area (Å²) in [5, 5.41) is 31.1. The SMILES string of the molecule is N#Cc1cc(C#N)c(-n2c3ccccc3c3c(-c4ccc5c(c4)c4ccccc4n5-c4ccccc4)cccc32)cc1-n1c2ccccc2c2c(-c3ccc4c(c3)c3ccccc3n4-c3ccccc3)cccc21. The number of rotatable bonds is 6. The Balaban J connectivity index is 0.940. The molecule has 0 atom stereocenters. The van der Waals surface area contributed by atoms with Crippen LogP contribution < -0.4 is 0 Å². The largest absolute Gasteiger partial charge is 0.309 e. The van der Waals surface area contributed by atoms with Crippen molar-refractivity contribution in [3.05, 3.63) is 254 Å². The number of aromatic nitrogens is 4. The van der Waals surface area contributed by atoms with Gasteiger partial charge in [0.15, 0.2) is 0 Å². The fourth-order valence-corrected chi connectivity index (χ4v) is 12.2. The Labute approximate surface area is 424 Å². The van der Waals surface area contributed by atoms with E-state index in [1.54, 1.807) is 6.07 Å². The second-order valence-electron chi connectivity index (χ2n) is 19.1. The summed E-state index contributed by atoms with van der Waals surface area (Å²) < 4.78 is 9.13. The van der Waals surface area contributed by atoms with E-state index >= 15 is 0 Å². The van der Waals surface area contributed by atoms with E-state index in [2.05, 4.69) is 267 Å². The van der Waals surface area contributed by atoms with Gasteiger partial charge in [0.25, 0.3) is 0 Å². The van der Waals surface area contributed by atoms with Crippen LogP contribution in [-0.4, -0.2) is 18.3 Å². The molecule has 4 aromatic heterocycles. The standard InChI is InChI=1S/C68H40N6/c69-41-45-37-46(42-70)66(74-60-30-14-10-24-54(60)68-50(26-16-32-64(68)74)44-34-36-62-56(39-44)52-22-8-12-28-58(52)72(62)48-19-5-2-6-20-48)40-65(45)73-59-29-13-9-23-53(59)67-49(25-15-31-63(67)73)43-33-35-61-55(38-43)51-21-7-11-27-57(51)71(61)47-17-3-1-4-18-47/h1-40H. The van der Waals surface area contributed by atoms with Gasteiger partial charge < -0.3 is 18.3 Å². The van der Waals surface area contributed by atoms with E-state index in [4.69, 9.17) is 0 Å². The maximum absolute atomic E-state index is 11.0. The van der Waals surface area contributed by atoms with Gasteiger partial charge >= 0.3 is 0 Å². The first kappa shape index (κ1) is 41.4. The second kappa shape index (κ2) is 16.1. The second-order valence-corrected chi connectivity index (χ2v) is 19.1. The van der Waals surface area contributed by atoms with E-state index in [0.717, 1.165) is 99.3 Å². The molecular weight excluding hydrogens is 901 g/mol. The fourth-order valence-electron chi connectivity index (χ4n) is 12.2. The Bertz CT molecular complexity index is 4610. The molecule has 0 fully saturated rings. The fraction of sp³-hybridized carbons (Fsp3) is 0. The third kappa shape index (κ3) is 5.91. The molecule has 0 radical (unpaired) electrons. The molecular formula is C68H40N6. The molecule has 0 spiro atoms. The lowest BCUT2D eigenvalue weighted by Gasteiger charge is -2.16. The first-order chi connectivity index (χ1) is 36.7. The summed E-state index contributed by atoms with van der Waals surface area (Å²) in [7, 11) is 0. The zero-order valence-electron chi connectivity index (χ0n) is 39.8. The van der Waals surface area contributed by atoms with Gasteiger partial charge in [0, 0.05) is 54.5 Å². The Hall–Kier alpha value is -10.4. The van der Waals surface area contributed by atoms with Crippen molar-refractivity contribution in [3.8, 4) is 57.1 Å². The summed E-state index contributed by atoms with van der Waals surface area (Å²) in [5.41, 5.74) is 17.4. The van der Waals surface area contributed by atoms with Crippen LogP contribution in [0.4, 0.5) is 0 Å². The highest BCUT2D eigenvalue weighted by Crippen LogP contribution is 2.45. The lowest BCUT2D eigenvalue weighted by atomic mass is 9.98. The van der Waals surface area contributed by atoms with Gasteiger partial charge in [-0.3, -0.25) is 0 Å². The van der Waals surface area contributed by atoms with E-state index in [1.165, 1.54) is 21.5 Å². The van der Waals surface area contributed by atoms with Crippen LogP contribution in [0.2, 0.25) is 0 Å². The first-order valence-corrected chi connectivity index (χ1v) is 24.9. The highest BCUT2D eigenvalue weighted by atomic mass is 15.0. The molecule has 6 nitrogen and oxygen atoms in total. The number of nitriles is 2. The Morgan fingerprint density at radius 2 is 0.608 bits per heavy atom. The molecule has 0 N–H and O–H groups in total. The van der Waals surface area contributed by atoms with Crippen molar-refractivity contribution >= 4 is 87.2 Å². The average molecular weight is 941 g/mol. The third-order valence-electron chi connectivity index (χ3n) is 15.2. The third-order valence-corrected chi connectivity index (χ3v) is 15.2. The van der Waals surface area contributed by atoms with Gasteiger partial charge in [-0.2, -0.15) is 10.5 Å². The lowest BCUT2D eigenvalue weighted by Crippen LogP contribution is -2.04. The molecule has 0 saturated heterocycles. The molecule has 15 rings (SSSR count). The molecule has 4 heterocycles. The smallest absolute Gasteiger partial charge is 0.101 e. The van der Waals surface area contributed by atoms with E-state index in [1.807, 2.05) is 0 Å². The molecule has 342 valence electrons. The van der Waals surface area contributed by atoms with Crippen LogP contribution in [0.1, 0.15) is 11.1 Å². The minimum atomic E-state index is 0.415. The van der Waals surface area contributed by atoms with Gasteiger partial charge in [-0.1, -0.05) is 146 Å². The maximum atomic E-state index is 11.0. The molecule has 74 heavy (non-hydrogen) atoms. The molecule has 6 heteroatoms. The topological polar surface area (TPSA) is 67.3 Å². The van der Waals surface area contributed by atoms with Crippen LogP contribution in [0.3, 0.4) is 0 Å². The van der Waals surface area contributed by atoms with Gasteiger partial charge in [-0.15, -0.1) is 0 Å². The number of hydrogen-bond acceptors (Lipinski definition) is 2. The predicted octanol–water partition coefficient (Wildman–Crippen LogP) is 17.2. The zero-order valence-corrected chi connectivity index (χ0v) is 39.8. The van der Waals surface area contributed by atoms with Crippen LogP contribution in [0.5, 0.6) is 0 Å². The predicted molar refractivity (Wildman–Crippen MR) is 304 cm³/mol. The molecule has 0 amide bonds. The number of fused-ring (bicyclic) bond motifs is 12. The summed E-state index contributed by atoms with van der Waals surface area (Å²) in [4.78, 5) is 0. The van der Waals surface area contributed by atoms with Crippen molar-refractivity contribution in [2.24, 2.45) is 0 Å². The van der Waals surface area contributed by atoms with Crippen LogP contribution >= 0.6 is 0 Å². The summed E-state index contributed by atoms with van der Waals surface area (Å²) in [6.45, 7) is 0. The number of para-hydroxylation sites is 6. The molecule has 0 aliphatic heterocycles. The minimum Gasteiger partial charge on any atom is -0.309 e. The van der Waals surface area contributed by atoms with Gasteiger partial charge in [-0.25, -0.2) is 0 Å². The van der Waals surface area contributed by atoms with Gasteiger partial charge in [0.2, 0.25) is 0 Å². The molecule has 0 aliphatic rings. The van der Waals surface area contributed by atoms with E-state index in [9.17, 15) is 10.5 Å². The van der Waals surface area contributed by atoms with E-state index < -0.39 is 0 Å². The monoisotopic (exact) mass is 940 g/mol. The van der Waals surface area contributed by atoms with Crippen LogP contribution in [0.25, 0.3) is 132 Å². The van der Waals surface area contributed by atoms with Crippen LogP contribution in [-0.2, 0) is 0 Å². The molecule has 0 bridgehead atoms. The Kier molecular flexibility index (Phi) is 8.99. The highest BCUT2D eigenvalue weighted by Gasteiger charge is 2.24. The highest BCUT2D eigenvalue weighted by molar-refractivity contribution is 6.19. The number of benzene rings is 11. The van der Waals surface area contributed by atoms with E-state index in [-0.39, 0.29) is 0 Å². The van der Waals surface area contributed by atoms with E-state index in [0.29, 0.717) is 22.5 Å². The Morgan fingerprint density at radius 1 is 0.257 bits per heavy atom.